The number of rotatable bonds is 4. The van der Waals surface area contributed by atoms with Crippen molar-refractivity contribution in [2.45, 2.75) is 6.54 Å². The van der Waals surface area contributed by atoms with Crippen LogP contribution in [0.1, 0.15) is 15.9 Å². The quantitative estimate of drug-likeness (QED) is 0.676. The van der Waals surface area contributed by atoms with Crippen LogP contribution in [0.25, 0.3) is 0 Å². The van der Waals surface area contributed by atoms with Crippen molar-refractivity contribution in [3.8, 4) is 0 Å². The molecule has 1 N–H and O–H groups in total. The molecule has 2 aromatic rings. The van der Waals surface area contributed by atoms with Crippen molar-refractivity contribution in [2.75, 3.05) is 0 Å². The van der Waals surface area contributed by atoms with Crippen molar-refractivity contribution in [3.63, 3.8) is 0 Å². The summed E-state index contributed by atoms with van der Waals surface area (Å²) in [7, 11) is 1.73. The van der Waals surface area contributed by atoms with E-state index in [4.69, 9.17) is 0 Å². The van der Waals surface area contributed by atoms with Crippen LogP contribution in [0.5, 0.6) is 0 Å². The van der Waals surface area contributed by atoms with Crippen LogP contribution in [0.2, 0.25) is 0 Å². The summed E-state index contributed by atoms with van der Waals surface area (Å²) in [5, 5.41) is 17.0. The topological polar surface area (TPSA) is 90.1 Å². The zero-order chi connectivity index (χ0) is 14.7. The molecule has 1 aromatic carbocycles. The molecule has 0 aliphatic heterocycles. The van der Waals surface area contributed by atoms with Crippen molar-refractivity contribution in [1.82, 2.24) is 15.1 Å². The Labute approximate surface area is 113 Å². The van der Waals surface area contributed by atoms with Gasteiger partial charge in [0.15, 0.2) is 0 Å². The SMILES string of the molecule is Cn1cc(CNC(=O)c2cc([N+](=O)[O-])ccc2F)cn1. The molecule has 1 amide bonds. The number of halogens is 1. The summed E-state index contributed by atoms with van der Waals surface area (Å²) < 4.78 is 15.1. The molecule has 0 unspecified atom stereocenters. The number of hydrogen-bond donors (Lipinski definition) is 1. The van der Waals surface area contributed by atoms with E-state index < -0.39 is 16.6 Å². The van der Waals surface area contributed by atoms with Gasteiger partial charge in [-0.2, -0.15) is 5.10 Å². The fourth-order valence-corrected chi connectivity index (χ4v) is 1.64. The van der Waals surface area contributed by atoms with Crippen molar-refractivity contribution >= 4 is 11.6 Å². The van der Waals surface area contributed by atoms with Gasteiger partial charge in [0.1, 0.15) is 5.82 Å². The largest absolute Gasteiger partial charge is 0.348 e. The average molecular weight is 278 g/mol. The number of amides is 1. The maximum atomic E-state index is 13.5. The van der Waals surface area contributed by atoms with Gasteiger partial charge in [0, 0.05) is 37.5 Å². The van der Waals surface area contributed by atoms with E-state index in [1.165, 1.54) is 0 Å². The number of carbonyl (C=O) groups excluding carboxylic acids is 1. The van der Waals surface area contributed by atoms with Crippen molar-refractivity contribution in [3.05, 3.63) is 57.7 Å². The van der Waals surface area contributed by atoms with Gasteiger partial charge in [-0.1, -0.05) is 0 Å². The van der Waals surface area contributed by atoms with Crippen LogP contribution in [-0.2, 0) is 13.6 Å². The first kappa shape index (κ1) is 13.7. The predicted molar refractivity (Wildman–Crippen MR) is 67.4 cm³/mol. The van der Waals surface area contributed by atoms with Crippen molar-refractivity contribution < 1.29 is 14.1 Å². The van der Waals surface area contributed by atoms with E-state index in [0.29, 0.717) is 0 Å². The second kappa shape index (κ2) is 5.47. The monoisotopic (exact) mass is 278 g/mol. The van der Waals surface area contributed by atoms with Crippen LogP contribution in [0.3, 0.4) is 0 Å². The highest BCUT2D eigenvalue weighted by Gasteiger charge is 2.16. The van der Waals surface area contributed by atoms with Gasteiger partial charge in [-0.25, -0.2) is 4.39 Å². The lowest BCUT2D eigenvalue weighted by atomic mass is 10.1. The number of carbonyl (C=O) groups is 1. The fourth-order valence-electron chi connectivity index (χ4n) is 1.64. The van der Waals surface area contributed by atoms with Crippen molar-refractivity contribution in [1.29, 1.82) is 0 Å². The number of nitrogens with one attached hydrogen (secondary N) is 1. The molecule has 0 aliphatic carbocycles. The van der Waals surface area contributed by atoms with Crippen LogP contribution < -0.4 is 5.32 Å². The molecule has 1 heterocycles. The zero-order valence-corrected chi connectivity index (χ0v) is 10.5. The summed E-state index contributed by atoms with van der Waals surface area (Å²) in [5.41, 5.74) is 0.0488. The molecule has 104 valence electrons. The Morgan fingerprint density at radius 3 is 2.90 bits per heavy atom. The van der Waals surface area contributed by atoms with Gasteiger partial charge in [-0.3, -0.25) is 19.6 Å². The highest BCUT2D eigenvalue weighted by molar-refractivity contribution is 5.95. The molecule has 0 spiro atoms. The third kappa shape index (κ3) is 2.97. The molecule has 0 saturated heterocycles. The summed E-state index contributed by atoms with van der Waals surface area (Å²) in [4.78, 5) is 21.7. The highest BCUT2D eigenvalue weighted by Crippen LogP contribution is 2.16. The molecule has 0 aliphatic rings. The minimum absolute atomic E-state index is 0.162. The first-order valence-corrected chi connectivity index (χ1v) is 5.67. The number of benzene rings is 1. The van der Waals surface area contributed by atoms with Gasteiger partial charge in [0.2, 0.25) is 0 Å². The Morgan fingerprint density at radius 1 is 1.55 bits per heavy atom. The maximum absolute atomic E-state index is 13.5. The normalized spacial score (nSPS) is 10.3. The predicted octanol–water partition coefficient (Wildman–Crippen LogP) is 1.40. The smallest absolute Gasteiger partial charge is 0.270 e. The molecule has 0 fully saturated rings. The van der Waals surface area contributed by atoms with Crippen LogP contribution in [-0.4, -0.2) is 20.6 Å². The second-order valence-corrected chi connectivity index (χ2v) is 4.13. The number of nitro benzene ring substituents is 1. The molecular formula is C12H11FN4O3. The number of hydrogen-bond acceptors (Lipinski definition) is 4. The lowest BCUT2D eigenvalue weighted by Gasteiger charge is -2.04. The lowest BCUT2D eigenvalue weighted by molar-refractivity contribution is -0.384. The Hall–Kier alpha value is -2.77. The standard InChI is InChI=1S/C12H11FN4O3/c1-16-7-8(6-15-16)5-14-12(18)10-4-9(17(19)20)2-3-11(10)13/h2-4,6-7H,5H2,1H3,(H,14,18). The first-order valence-electron chi connectivity index (χ1n) is 5.67. The van der Waals surface area contributed by atoms with Gasteiger partial charge in [0.25, 0.3) is 11.6 Å². The van der Waals surface area contributed by atoms with E-state index in [0.717, 1.165) is 23.8 Å². The first-order chi connectivity index (χ1) is 9.47. The number of aromatic nitrogens is 2. The summed E-state index contributed by atoms with van der Waals surface area (Å²) in [6.07, 6.45) is 3.26. The van der Waals surface area contributed by atoms with Crippen LogP contribution >= 0.6 is 0 Å². The van der Waals surface area contributed by atoms with Gasteiger partial charge >= 0.3 is 0 Å². The Bertz CT molecular complexity index is 668. The summed E-state index contributed by atoms with van der Waals surface area (Å²) in [6.45, 7) is 0.162. The molecule has 0 atom stereocenters. The lowest BCUT2D eigenvalue weighted by Crippen LogP contribution is -2.23. The molecule has 20 heavy (non-hydrogen) atoms. The van der Waals surface area contributed by atoms with Crippen LogP contribution in [0.4, 0.5) is 10.1 Å². The number of nitrogens with zero attached hydrogens (tertiary/aromatic N) is 3. The molecule has 1 aromatic heterocycles. The molecule has 2 rings (SSSR count). The van der Waals surface area contributed by atoms with E-state index in [1.54, 1.807) is 24.1 Å². The third-order valence-electron chi connectivity index (χ3n) is 2.62. The van der Waals surface area contributed by atoms with E-state index in [-0.39, 0.29) is 17.8 Å². The van der Waals surface area contributed by atoms with Gasteiger partial charge in [-0.15, -0.1) is 0 Å². The number of aryl methyl sites for hydroxylation is 1. The summed E-state index contributed by atoms with van der Waals surface area (Å²) >= 11 is 0. The minimum Gasteiger partial charge on any atom is -0.348 e. The van der Waals surface area contributed by atoms with E-state index in [2.05, 4.69) is 10.4 Å². The molecule has 0 saturated carbocycles. The maximum Gasteiger partial charge on any atom is 0.270 e. The summed E-state index contributed by atoms with van der Waals surface area (Å²) in [5.74, 6) is -1.52. The molecule has 0 bridgehead atoms. The average Bonchev–Trinajstić information content (AvgIpc) is 2.82. The molecular weight excluding hydrogens is 267 g/mol. The number of non-ortho nitro benzene ring substituents is 1. The van der Waals surface area contributed by atoms with E-state index in [9.17, 15) is 19.3 Å². The summed E-state index contributed by atoms with van der Waals surface area (Å²) in [6, 6.07) is 2.82. The van der Waals surface area contributed by atoms with E-state index >= 15 is 0 Å². The zero-order valence-electron chi connectivity index (χ0n) is 10.5. The molecule has 7 nitrogen and oxygen atoms in total. The van der Waals surface area contributed by atoms with Gasteiger partial charge < -0.3 is 5.32 Å². The fraction of sp³-hybridized carbons (Fsp3) is 0.167. The highest BCUT2D eigenvalue weighted by atomic mass is 19.1. The van der Waals surface area contributed by atoms with E-state index in [1.807, 2.05) is 0 Å². The number of nitro groups is 1. The van der Waals surface area contributed by atoms with Gasteiger partial charge in [0.05, 0.1) is 16.7 Å². The van der Waals surface area contributed by atoms with Gasteiger partial charge in [-0.05, 0) is 6.07 Å². The minimum atomic E-state index is -0.806. The van der Waals surface area contributed by atoms with Crippen molar-refractivity contribution in [2.24, 2.45) is 7.05 Å². The molecule has 0 radical (unpaired) electrons. The Morgan fingerprint density at radius 2 is 2.30 bits per heavy atom. The third-order valence-corrected chi connectivity index (χ3v) is 2.62. The molecule has 8 heteroatoms. The van der Waals surface area contributed by atoms with Crippen LogP contribution in [0.15, 0.2) is 30.6 Å². The second-order valence-electron chi connectivity index (χ2n) is 4.13. The Balaban J connectivity index is 2.12. The van der Waals surface area contributed by atoms with Crippen LogP contribution in [0, 0.1) is 15.9 Å². The Kier molecular flexibility index (Phi) is 3.74.